The molecule has 0 radical (unpaired) electrons. The first kappa shape index (κ1) is 16.3. The normalized spacial score (nSPS) is 17.6. The Morgan fingerprint density at radius 2 is 2.04 bits per heavy atom. The lowest BCUT2D eigenvalue weighted by Crippen LogP contribution is -2.31. The van der Waals surface area contributed by atoms with Crippen LogP contribution in [0.4, 0.5) is 0 Å². The van der Waals surface area contributed by atoms with E-state index in [1.807, 2.05) is 25.3 Å². The van der Waals surface area contributed by atoms with Crippen LogP contribution in [0.25, 0.3) is 10.9 Å². The lowest BCUT2D eigenvalue weighted by atomic mass is 10.1. The molecule has 3 aromatic rings. The minimum absolute atomic E-state index is 0.323. The highest BCUT2D eigenvalue weighted by atomic mass is 16.5. The summed E-state index contributed by atoms with van der Waals surface area (Å²) in [6.07, 6.45) is 4.53. The van der Waals surface area contributed by atoms with E-state index < -0.39 is 0 Å². The predicted molar refractivity (Wildman–Crippen MR) is 98.3 cm³/mol. The molecule has 25 heavy (non-hydrogen) atoms. The average Bonchev–Trinajstić information content (AvgIpc) is 3.27. The molecule has 1 atom stereocenters. The van der Waals surface area contributed by atoms with Crippen molar-refractivity contribution in [2.75, 3.05) is 13.2 Å². The van der Waals surface area contributed by atoms with Crippen molar-refractivity contribution in [3.05, 3.63) is 65.7 Å². The van der Waals surface area contributed by atoms with Crippen LogP contribution in [0.5, 0.6) is 0 Å². The van der Waals surface area contributed by atoms with Crippen LogP contribution in [0.2, 0.25) is 0 Å². The number of pyridine rings is 1. The number of fused-ring (bicyclic) bond motifs is 1. The Kier molecular flexibility index (Phi) is 4.81. The Labute approximate surface area is 148 Å². The van der Waals surface area contributed by atoms with Gasteiger partial charge >= 0.3 is 0 Å². The Hall–Kier alpha value is -2.17. The van der Waals surface area contributed by atoms with Crippen LogP contribution in [-0.2, 0) is 17.8 Å². The number of furan rings is 1. The average molecular weight is 336 g/mol. The second kappa shape index (κ2) is 7.38. The van der Waals surface area contributed by atoms with Crippen LogP contribution in [0.1, 0.15) is 29.9 Å². The summed E-state index contributed by atoms with van der Waals surface area (Å²) in [6.45, 7) is 5.46. The molecule has 1 saturated heterocycles. The molecule has 0 spiro atoms. The van der Waals surface area contributed by atoms with Gasteiger partial charge in [-0.1, -0.05) is 18.2 Å². The molecule has 2 aromatic heterocycles. The first-order chi connectivity index (χ1) is 12.3. The molecule has 1 fully saturated rings. The number of hydrogen-bond acceptors (Lipinski definition) is 4. The number of rotatable bonds is 6. The standard InChI is InChI=1S/C21H24N2O2/c1-16-8-9-19(25-16)15-23(14-18-5-4-12-24-18)13-17-10-11-22-21-7-3-2-6-20(17)21/h2-3,6-11,18H,4-5,12-15H2,1H3. The Morgan fingerprint density at radius 1 is 1.12 bits per heavy atom. The van der Waals surface area contributed by atoms with E-state index in [2.05, 4.69) is 40.2 Å². The van der Waals surface area contributed by atoms with E-state index in [1.165, 1.54) is 10.9 Å². The molecule has 0 saturated carbocycles. The van der Waals surface area contributed by atoms with E-state index in [4.69, 9.17) is 9.15 Å². The van der Waals surface area contributed by atoms with Gasteiger partial charge in [0.1, 0.15) is 11.5 Å². The maximum absolute atomic E-state index is 5.87. The minimum Gasteiger partial charge on any atom is -0.465 e. The van der Waals surface area contributed by atoms with Gasteiger partial charge in [0.15, 0.2) is 0 Å². The van der Waals surface area contributed by atoms with Crippen LogP contribution in [0.3, 0.4) is 0 Å². The fourth-order valence-corrected chi connectivity index (χ4v) is 3.59. The molecule has 0 N–H and O–H groups in total. The van der Waals surface area contributed by atoms with E-state index in [1.54, 1.807) is 0 Å². The van der Waals surface area contributed by atoms with Crippen LogP contribution in [0.15, 0.2) is 53.1 Å². The summed E-state index contributed by atoms with van der Waals surface area (Å²) < 4.78 is 11.7. The summed E-state index contributed by atoms with van der Waals surface area (Å²) in [4.78, 5) is 6.90. The number of nitrogens with zero attached hydrogens (tertiary/aromatic N) is 2. The molecule has 4 rings (SSSR count). The molecule has 130 valence electrons. The summed E-state index contributed by atoms with van der Waals surface area (Å²) in [7, 11) is 0. The summed E-state index contributed by atoms with van der Waals surface area (Å²) in [6, 6.07) is 14.6. The number of aryl methyl sites for hydroxylation is 1. The second-order valence-electron chi connectivity index (χ2n) is 6.80. The van der Waals surface area contributed by atoms with Crippen molar-refractivity contribution in [2.45, 2.75) is 39.0 Å². The minimum atomic E-state index is 0.323. The molecule has 1 aliphatic rings. The van der Waals surface area contributed by atoms with E-state index >= 15 is 0 Å². The summed E-state index contributed by atoms with van der Waals surface area (Å²) >= 11 is 0. The van der Waals surface area contributed by atoms with Gasteiger partial charge in [0.2, 0.25) is 0 Å². The summed E-state index contributed by atoms with van der Waals surface area (Å²) in [5, 5.41) is 1.22. The Balaban J connectivity index is 1.57. The fourth-order valence-electron chi connectivity index (χ4n) is 3.59. The largest absolute Gasteiger partial charge is 0.465 e. The van der Waals surface area contributed by atoms with Crippen LogP contribution in [-0.4, -0.2) is 29.1 Å². The van der Waals surface area contributed by atoms with Crippen LogP contribution >= 0.6 is 0 Å². The number of benzene rings is 1. The lowest BCUT2D eigenvalue weighted by Gasteiger charge is -2.25. The van der Waals surface area contributed by atoms with Crippen LogP contribution in [0, 0.1) is 6.92 Å². The second-order valence-corrected chi connectivity index (χ2v) is 6.80. The van der Waals surface area contributed by atoms with Gasteiger partial charge in [-0.25, -0.2) is 0 Å². The van der Waals surface area contributed by atoms with Crippen molar-refractivity contribution >= 4 is 10.9 Å². The van der Waals surface area contributed by atoms with Crippen molar-refractivity contribution in [2.24, 2.45) is 0 Å². The highest BCUT2D eigenvalue weighted by Gasteiger charge is 2.21. The first-order valence-electron chi connectivity index (χ1n) is 9.00. The zero-order valence-corrected chi connectivity index (χ0v) is 14.6. The van der Waals surface area contributed by atoms with Gasteiger partial charge in [0.25, 0.3) is 0 Å². The third-order valence-electron chi connectivity index (χ3n) is 4.79. The van der Waals surface area contributed by atoms with Crippen molar-refractivity contribution in [3.63, 3.8) is 0 Å². The van der Waals surface area contributed by atoms with Gasteiger partial charge in [0, 0.05) is 31.3 Å². The van der Waals surface area contributed by atoms with Gasteiger partial charge in [0.05, 0.1) is 18.2 Å². The highest BCUT2D eigenvalue weighted by molar-refractivity contribution is 5.81. The number of para-hydroxylation sites is 1. The maximum atomic E-state index is 5.87. The van der Waals surface area contributed by atoms with Crippen molar-refractivity contribution < 1.29 is 9.15 Å². The molecule has 4 heteroatoms. The molecule has 0 aliphatic carbocycles. The zero-order valence-electron chi connectivity index (χ0n) is 14.6. The van der Waals surface area contributed by atoms with Crippen molar-refractivity contribution in [1.29, 1.82) is 0 Å². The monoisotopic (exact) mass is 336 g/mol. The molecule has 1 aromatic carbocycles. The zero-order chi connectivity index (χ0) is 17.1. The SMILES string of the molecule is Cc1ccc(CN(Cc2ccnc3ccccc23)CC2CCCO2)o1. The Morgan fingerprint density at radius 3 is 2.84 bits per heavy atom. The maximum Gasteiger partial charge on any atom is 0.118 e. The van der Waals surface area contributed by atoms with Crippen LogP contribution < -0.4 is 0 Å². The fraction of sp³-hybridized carbons (Fsp3) is 0.381. The molecule has 1 aliphatic heterocycles. The quantitative estimate of drug-likeness (QED) is 0.672. The third-order valence-corrected chi connectivity index (χ3v) is 4.79. The molecule has 0 bridgehead atoms. The summed E-state index contributed by atoms with van der Waals surface area (Å²) in [5.41, 5.74) is 2.35. The molecular weight excluding hydrogens is 312 g/mol. The predicted octanol–water partition coefficient (Wildman–Crippen LogP) is 4.32. The van der Waals surface area contributed by atoms with E-state index in [0.29, 0.717) is 6.10 Å². The van der Waals surface area contributed by atoms with E-state index in [9.17, 15) is 0 Å². The van der Waals surface area contributed by atoms with Crippen molar-refractivity contribution in [1.82, 2.24) is 9.88 Å². The van der Waals surface area contributed by atoms with Gasteiger partial charge in [-0.05, 0) is 49.6 Å². The number of hydrogen-bond donors (Lipinski definition) is 0. The Bertz CT molecular complexity index is 831. The first-order valence-corrected chi connectivity index (χ1v) is 9.00. The van der Waals surface area contributed by atoms with Gasteiger partial charge in [-0.15, -0.1) is 0 Å². The highest BCUT2D eigenvalue weighted by Crippen LogP contribution is 2.22. The molecule has 0 amide bonds. The van der Waals surface area contributed by atoms with Gasteiger partial charge in [-0.3, -0.25) is 9.88 Å². The number of aromatic nitrogens is 1. The summed E-state index contributed by atoms with van der Waals surface area (Å²) in [5.74, 6) is 1.97. The molecule has 3 heterocycles. The lowest BCUT2D eigenvalue weighted by molar-refractivity contribution is 0.0655. The smallest absolute Gasteiger partial charge is 0.118 e. The topological polar surface area (TPSA) is 38.5 Å². The van der Waals surface area contributed by atoms with Crippen molar-refractivity contribution in [3.8, 4) is 0 Å². The van der Waals surface area contributed by atoms with E-state index in [-0.39, 0.29) is 0 Å². The van der Waals surface area contributed by atoms with E-state index in [0.717, 1.165) is 56.1 Å². The van der Waals surface area contributed by atoms with Gasteiger partial charge in [-0.2, -0.15) is 0 Å². The molecule has 4 nitrogen and oxygen atoms in total. The third kappa shape index (κ3) is 3.91. The van der Waals surface area contributed by atoms with Gasteiger partial charge < -0.3 is 9.15 Å². The number of ether oxygens (including phenoxy) is 1. The molecule has 1 unspecified atom stereocenters. The molecular formula is C21H24N2O2.